The van der Waals surface area contributed by atoms with Crippen LogP contribution in [0, 0.1) is 12.8 Å². The summed E-state index contributed by atoms with van der Waals surface area (Å²) in [6, 6.07) is 7.52. The van der Waals surface area contributed by atoms with Crippen LogP contribution in [-0.4, -0.2) is 18.6 Å². The molecule has 0 heterocycles. The third-order valence-electron chi connectivity index (χ3n) is 2.81. The molecule has 1 aromatic carbocycles. The molecule has 0 saturated carbocycles. The second kappa shape index (κ2) is 6.84. The smallest absolute Gasteiger partial charge is 0.329 e. The van der Waals surface area contributed by atoms with Gasteiger partial charge < -0.3 is 10.1 Å². The Hall–Kier alpha value is -1.77. The minimum Gasteiger partial charge on any atom is -0.464 e. The summed E-state index contributed by atoms with van der Waals surface area (Å²) in [6.07, 6.45) is 1.75. The molecule has 3 heteroatoms. The molecule has 98 valence electrons. The van der Waals surface area contributed by atoms with Gasteiger partial charge in [-0.15, -0.1) is 6.58 Å². The molecule has 0 amide bonds. The van der Waals surface area contributed by atoms with Crippen molar-refractivity contribution >= 4 is 11.7 Å². The number of benzene rings is 1. The minimum atomic E-state index is -0.398. The Morgan fingerprint density at radius 3 is 2.56 bits per heavy atom. The lowest BCUT2D eigenvalue weighted by Gasteiger charge is -2.22. The zero-order chi connectivity index (χ0) is 13.5. The van der Waals surface area contributed by atoms with Gasteiger partial charge in [-0.3, -0.25) is 0 Å². The van der Waals surface area contributed by atoms with Gasteiger partial charge in [0.05, 0.1) is 6.61 Å². The lowest BCUT2D eigenvalue weighted by molar-refractivity contribution is -0.144. The summed E-state index contributed by atoms with van der Waals surface area (Å²) in [6.45, 7) is 9.89. The normalized spacial score (nSPS) is 13.5. The monoisotopic (exact) mass is 247 g/mol. The van der Waals surface area contributed by atoms with E-state index in [0.717, 1.165) is 5.69 Å². The van der Waals surface area contributed by atoms with Gasteiger partial charge in [0.1, 0.15) is 6.04 Å². The number of aryl methyl sites for hydroxylation is 1. The number of anilines is 1. The lowest BCUT2D eigenvalue weighted by atomic mass is 10.0. The van der Waals surface area contributed by atoms with Crippen molar-refractivity contribution < 1.29 is 9.53 Å². The molecule has 0 saturated heterocycles. The van der Waals surface area contributed by atoms with Gasteiger partial charge in [-0.25, -0.2) is 4.79 Å². The quantitative estimate of drug-likeness (QED) is 0.620. The summed E-state index contributed by atoms with van der Waals surface area (Å²) < 4.78 is 5.07. The second-order valence-electron chi connectivity index (χ2n) is 4.33. The predicted molar refractivity (Wildman–Crippen MR) is 74.6 cm³/mol. The molecule has 18 heavy (non-hydrogen) atoms. The molecular weight excluding hydrogens is 226 g/mol. The van der Waals surface area contributed by atoms with E-state index in [1.165, 1.54) is 5.56 Å². The molecule has 1 aromatic rings. The second-order valence-corrected chi connectivity index (χ2v) is 4.33. The molecule has 3 nitrogen and oxygen atoms in total. The number of carbonyl (C=O) groups excluding carboxylic acids is 1. The number of carbonyl (C=O) groups is 1. The number of ether oxygens (including phenoxy) is 1. The molecule has 0 aromatic heterocycles. The van der Waals surface area contributed by atoms with Gasteiger partial charge in [0, 0.05) is 11.6 Å². The van der Waals surface area contributed by atoms with Crippen LogP contribution in [0.2, 0.25) is 0 Å². The fourth-order valence-electron chi connectivity index (χ4n) is 1.60. The molecule has 0 radical (unpaired) electrons. The summed E-state index contributed by atoms with van der Waals surface area (Å²) in [4.78, 5) is 11.9. The number of hydrogen-bond acceptors (Lipinski definition) is 3. The summed E-state index contributed by atoms with van der Waals surface area (Å²) in [5.74, 6) is -0.240. The molecule has 0 spiro atoms. The highest BCUT2D eigenvalue weighted by molar-refractivity contribution is 5.80. The molecule has 0 bridgehead atoms. The minimum absolute atomic E-state index is 0.00496. The van der Waals surface area contributed by atoms with E-state index >= 15 is 0 Å². The number of hydrogen-bond donors (Lipinski definition) is 1. The van der Waals surface area contributed by atoms with Crippen LogP contribution in [-0.2, 0) is 9.53 Å². The Morgan fingerprint density at radius 2 is 2.06 bits per heavy atom. The highest BCUT2D eigenvalue weighted by atomic mass is 16.5. The van der Waals surface area contributed by atoms with Crippen molar-refractivity contribution in [2.24, 2.45) is 5.92 Å². The van der Waals surface area contributed by atoms with E-state index in [1.807, 2.05) is 38.1 Å². The van der Waals surface area contributed by atoms with Crippen molar-refractivity contribution in [2.75, 3.05) is 11.9 Å². The van der Waals surface area contributed by atoms with Crippen LogP contribution in [0.4, 0.5) is 5.69 Å². The Balaban J connectivity index is 2.80. The molecule has 0 fully saturated rings. The van der Waals surface area contributed by atoms with Crippen LogP contribution in [0.25, 0.3) is 0 Å². The molecule has 0 aliphatic heterocycles. The number of rotatable bonds is 6. The summed E-state index contributed by atoms with van der Waals surface area (Å²) in [5.41, 5.74) is 2.09. The summed E-state index contributed by atoms with van der Waals surface area (Å²) >= 11 is 0. The van der Waals surface area contributed by atoms with Gasteiger partial charge in [0.15, 0.2) is 0 Å². The van der Waals surface area contributed by atoms with Gasteiger partial charge >= 0.3 is 5.97 Å². The third-order valence-corrected chi connectivity index (χ3v) is 2.81. The Labute approximate surface area is 109 Å². The van der Waals surface area contributed by atoms with Crippen LogP contribution in [0.15, 0.2) is 36.9 Å². The van der Waals surface area contributed by atoms with Crippen LogP contribution in [0.5, 0.6) is 0 Å². The van der Waals surface area contributed by atoms with E-state index in [2.05, 4.69) is 11.9 Å². The SMILES string of the molecule is C=C[C@H](C)[C@@H](Nc1ccc(C)cc1)C(=O)OCC. The van der Waals surface area contributed by atoms with Crippen LogP contribution in [0.3, 0.4) is 0 Å². The predicted octanol–water partition coefficient (Wildman–Crippen LogP) is 3.16. The van der Waals surface area contributed by atoms with Gasteiger partial charge in [-0.1, -0.05) is 30.7 Å². The van der Waals surface area contributed by atoms with Gasteiger partial charge in [-0.05, 0) is 26.0 Å². The topological polar surface area (TPSA) is 38.3 Å². The van der Waals surface area contributed by atoms with E-state index in [-0.39, 0.29) is 11.9 Å². The highest BCUT2D eigenvalue weighted by Gasteiger charge is 2.24. The maximum Gasteiger partial charge on any atom is 0.329 e. The van der Waals surface area contributed by atoms with Crippen molar-refractivity contribution in [1.82, 2.24) is 0 Å². The first-order chi connectivity index (χ1) is 8.58. The fraction of sp³-hybridized carbons (Fsp3) is 0.400. The number of nitrogens with one attached hydrogen (secondary N) is 1. The molecular formula is C15H21NO2. The van der Waals surface area contributed by atoms with Gasteiger partial charge in [0.2, 0.25) is 0 Å². The average molecular weight is 247 g/mol. The van der Waals surface area contributed by atoms with Crippen LogP contribution < -0.4 is 5.32 Å². The van der Waals surface area contributed by atoms with Crippen LogP contribution in [0.1, 0.15) is 19.4 Å². The first kappa shape index (κ1) is 14.3. The van der Waals surface area contributed by atoms with E-state index in [4.69, 9.17) is 4.74 Å². The number of esters is 1. The Morgan fingerprint density at radius 1 is 1.44 bits per heavy atom. The zero-order valence-corrected chi connectivity index (χ0v) is 11.3. The van der Waals surface area contributed by atoms with Gasteiger partial charge in [-0.2, -0.15) is 0 Å². The van der Waals surface area contributed by atoms with Crippen LogP contribution >= 0.6 is 0 Å². The molecule has 0 aliphatic carbocycles. The van der Waals surface area contributed by atoms with E-state index in [1.54, 1.807) is 13.0 Å². The summed E-state index contributed by atoms with van der Waals surface area (Å²) in [5, 5.41) is 3.20. The highest BCUT2D eigenvalue weighted by Crippen LogP contribution is 2.15. The first-order valence-corrected chi connectivity index (χ1v) is 6.21. The van der Waals surface area contributed by atoms with E-state index in [0.29, 0.717) is 6.61 Å². The van der Waals surface area contributed by atoms with E-state index in [9.17, 15) is 4.79 Å². The third kappa shape index (κ3) is 3.91. The molecule has 0 aliphatic rings. The van der Waals surface area contributed by atoms with Crippen molar-refractivity contribution in [3.05, 3.63) is 42.5 Å². The Kier molecular flexibility index (Phi) is 5.43. The van der Waals surface area contributed by atoms with Crippen molar-refractivity contribution in [1.29, 1.82) is 0 Å². The standard InChI is InChI=1S/C15H21NO2/c1-5-12(4)14(15(17)18-6-2)16-13-9-7-11(3)8-10-13/h5,7-10,12,14,16H,1,6H2,2-4H3/t12-,14+/m0/s1. The van der Waals surface area contributed by atoms with Crippen molar-refractivity contribution in [3.63, 3.8) is 0 Å². The lowest BCUT2D eigenvalue weighted by Crippen LogP contribution is -2.36. The zero-order valence-electron chi connectivity index (χ0n) is 11.3. The Bertz CT molecular complexity index is 397. The molecule has 2 atom stereocenters. The molecule has 0 unspecified atom stereocenters. The molecule has 1 N–H and O–H groups in total. The maximum absolute atomic E-state index is 11.9. The largest absolute Gasteiger partial charge is 0.464 e. The first-order valence-electron chi connectivity index (χ1n) is 6.21. The molecule has 1 rings (SSSR count). The van der Waals surface area contributed by atoms with Gasteiger partial charge in [0.25, 0.3) is 0 Å². The van der Waals surface area contributed by atoms with Crippen molar-refractivity contribution in [2.45, 2.75) is 26.8 Å². The van der Waals surface area contributed by atoms with Crippen molar-refractivity contribution in [3.8, 4) is 0 Å². The van der Waals surface area contributed by atoms with E-state index < -0.39 is 6.04 Å². The average Bonchev–Trinajstić information content (AvgIpc) is 2.37. The maximum atomic E-state index is 11.9. The summed E-state index contributed by atoms with van der Waals surface area (Å²) in [7, 11) is 0. The fourth-order valence-corrected chi connectivity index (χ4v) is 1.60.